The fourth-order valence-electron chi connectivity index (χ4n) is 0.609. The van der Waals surface area contributed by atoms with Gasteiger partial charge in [0.2, 0.25) is 0 Å². The molecule has 0 fully saturated rings. The molecule has 0 saturated carbocycles. The summed E-state index contributed by atoms with van der Waals surface area (Å²) in [6.07, 6.45) is 13.2. The summed E-state index contributed by atoms with van der Waals surface area (Å²) in [6, 6.07) is 0. The van der Waals surface area contributed by atoms with E-state index in [2.05, 4.69) is 0 Å². The molecule has 11 heavy (non-hydrogen) atoms. The van der Waals surface area contributed by atoms with Gasteiger partial charge in [-0.2, -0.15) is 0 Å². The smallest absolute Gasteiger partial charge is 0.0897 e. The number of allylic oxidation sites excluding steroid dienone is 6. The summed E-state index contributed by atoms with van der Waals surface area (Å²) in [5.41, 5.74) is 0. The van der Waals surface area contributed by atoms with E-state index in [1.165, 1.54) is 0 Å². The summed E-state index contributed by atoms with van der Waals surface area (Å²) in [7, 11) is 0. The summed E-state index contributed by atoms with van der Waals surface area (Å²) < 4.78 is 11.6. The van der Waals surface area contributed by atoms with Crippen molar-refractivity contribution in [3.05, 3.63) is 36.5 Å². The maximum atomic E-state index is 11.6. The van der Waals surface area contributed by atoms with E-state index < -0.39 is 0 Å². The fraction of sp³-hybridized carbons (Fsp3) is 0.400. The summed E-state index contributed by atoms with van der Waals surface area (Å²) in [6.45, 7) is 1.75. The minimum Gasteiger partial charge on any atom is -0.251 e. The van der Waals surface area contributed by atoms with E-state index in [-0.39, 0.29) is 6.67 Å². The second kappa shape index (κ2) is 9.15. The predicted molar refractivity (Wildman–Crippen MR) is 48.3 cm³/mol. The molecule has 0 aromatic rings. The highest BCUT2D eigenvalue weighted by atomic mass is 19.1. The molecule has 0 aromatic carbocycles. The third-order valence-electron chi connectivity index (χ3n) is 1.17. The molecule has 0 amide bonds. The summed E-state index contributed by atoms with van der Waals surface area (Å²) >= 11 is 0. The molecule has 0 saturated heterocycles. The lowest BCUT2D eigenvalue weighted by Gasteiger charge is -1.82. The zero-order valence-electron chi connectivity index (χ0n) is 6.96. The molecule has 0 bridgehead atoms. The maximum absolute atomic E-state index is 11.6. The predicted octanol–water partition coefficient (Wildman–Crippen LogP) is 3.42. The first-order chi connectivity index (χ1) is 5.41. The molecular weight excluding hydrogens is 139 g/mol. The van der Waals surface area contributed by atoms with E-state index in [9.17, 15) is 4.39 Å². The van der Waals surface area contributed by atoms with Gasteiger partial charge in [0, 0.05) is 0 Å². The van der Waals surface area contributed by atoms with Crippen molar-refractivity contribution in [2.24, 2.45) is 0 Å². The first kappa shape index (κ1) is 10.2. The van der Waals surface area contributed by atoms with Crippen LogP contribution in [0.1, 0.15) is 19.8 Å². The third-order valence-corrected chi connectivity index (χ3v) is 1.17. The van der Waals surface area contributed by atoms with Crippen molar-refractivity contribution in [3.63, 3.8) is 0 Å². The number of halogens is 1. The standard InChI is InChI=1S/C10H15F/c1-2-3-4-5-6-7-8-9-10-11/h2-7H,8-10H2,1H3/b3-2+,5-4+,7-6?. The Bertz CT molecular complexity index is 143. The van der Waals surface area contributed by atoms with E-state index in [0.717, 1.165) is 6.42 Å². The van der Waals surface area contributed by atoms with Crippen molar-refractivity contribution in [2.45, 2.75) is 19.8 Å². The van der Waals surface area contributed by atoms with Crippen LogP contribution in [0.5, 0.6) is 0 Å². The molecule has 0 aliphatic rings. The monoisotopic (exact) mass is 154 g/mol. The molecule has 0 heterocycles. The molecule has 0 aromatic heterocycles. The first-order valence-electron chi connectivity index (χ1n) is 3.92. The van der Waals surface area contributed by atoms with Crippen molar-refractivity contribution in [1.29, 1.82) is 0 Å². The molecule has 0 aliphatic carbocycles. The van der Waals surface area contributed by atoms with E-state index in [1.807, 2.05) is 43.4 Å². The number of rotatable bonds is 5. The van der Waals surface area contributed by atoms with Crippen LogP contribution in [0, 0.1) is 0 Å². The van der Waals surface area contributed by atoms with Crippen molar-refractivity contribution in [2.75, 3.05) is 6.67 Å². The van der Waals surface area contributed by atoms with Gasteiger partial charge in [-0.1, -0.05) is 36.5 Å². The molecule has 0 rings (SSSR count). The maximum Gasteiger partial charge on any atom is 0.0897 e. The molecule has 0 nitrogen and oxygen atoms in total. The zero-order chi connectivity index (χ0) is 8.36. The van der Waals surface area contributed by atoms with Crippen LogP contribution >= 0.6 is 0 Å². The fourth-order valence-corrected chi connectivity index (χ4v) is 0.609. The molecule has 0 unspecified atom stereocenters. The summed E-state index contributed by atoms with van der Waals surface area (Å²) in [5.74, 6) is 0. The first-order valence-corrected chi connectivity index (χ1v) is 3.92. The quantitative estimate of drug-likeness (QED) is 0.420. The van der Waals surface area contributed by atoms with Crippen LogP contribution in [0.4, 0.5) is 4.39 Å². The van der Waals surface area contributed by atoms with Gasteiger partial charge in [-0.15, -0.1) is 0 Å². The summed E-state index contributed by atoms with van der Waals surface area (Å²) in [5, 5.41) is 0. The largest absolute Gasteiger partial charge is 0.251 e. The zero-order valence-corrected chi connectivity index (χ0v) is 6.96. The molecule has 0 spiro atoms. The van der Waals surface area contributed by atoms with Gasteiger partial charge in [0.15, 0.2) is 0 Å². The number of hydrogen-bond acceptors (Lipinski definition) is 0. The van der Waals surface area contributed by atoms with E-state index in [4.69, 9.17) is 0 Å². The second-order valence-electron chi connectivity index (χ2n) is 2.17. The highest BCUT2D eigenvalue weighted by Gasteiger charge is 1.77. The van der Waals surface area contributed by atoms with Crippen molar-refractivity contribution >= 4 is 0 Å². The molecule has 0 atom stereocenters. The van der Waals surface area contributed by atoms with Gasteiger partial charge in [-0.05, 0) is 19.8 Å². The van der Waals surface area contributed by atoms with Crippen molar-refractivity contribution < 1.29 is 4.39 Å². The molecule has 0 aliphatic heterocycles. The van der Waals surface area contributed by atoms with Gasteiger partial charge in [0.05, 0.1) is 6.67 Å². The van der Waals surface area contributed by atoms with Crippen LogP contribution in [0.25, 0.3) is 0 Å². The van der Waals surface area contributed by atoms with Crippen LogP contribution in [0.2, 0.25) is 0 Å². The van der Waals surface area contributed by atoms with Gasteiger partial charge >= 0.3 is 0 Å². The Morgan fingerprint density at radius 3 is 2.45 bits per heavy atom. The Morgan fingerprint density at radius 2 is 1.82 bits per heavy atom. The van der Waals surface area contributed by atoms with Crippen molar-refractivity contribution in [1.82, 2.24) is 0 Å². The topological polar surface area (TPSA) is 0 Å². The minimum atomic E-state index is -0.219. The molecule has 62 valence electrons. The minimum absolute atomic E-state index is 0.219. The Kier molecular flexibility index (Phi) is 8.44. The lowest BCUT2D eigenvalue weighted by molar-refractivity contribution is 0.475. The number of hydrogen-bond donors (Lipinski definition) is 0. The average Bonchev–Trinajstić information content (AvgIpc) is 2.03. The highest BCUT2D eigenvalue weighted by Crippen LogP contribution is 1.91. The third kappa shape index (κ3) is 9.15. The Hall–Kier alpha value is -0.850. The van der Waals surface area contributed by atoms with E-state index in [1.54, 1.807) is 0 Å². The number of unbranched alkanes of at least 4 members (excludes halogenated alkanes) is 1. The molecule has 0 N–H and O–H groups in total. The normalized spacial score (nSPS) is 12.5. The van der Waals surface area contributed by atoms with Crippen LogP contribution in [-0.2, 0) is 0 Å². The van der Waals surface area contributed by atoms with Gasteiger partial charge in [0.25, 0.3) is 0 Å². The van der Waals surface area contributed by atoms with E-state index >= 15 is 0 Å². The molecular formula is C10H15F. The SMILES string of the molecule is C/C=C/C=C/C=CCCCF. The van der Waals surface area contributed by atoms with Crippen LogP contribution in [0.3, 0.4) is 0 Å². The Morgan fingerprint density at radius 1 is 1.09 bits per heavy atom. The number of alkyl halides is 1. The van der Waals surface area contributed by atoms with Gasteiger partial charge < -0.3 is 0 Å². The summed E-state index contributed by atoms with van der Waals surface area (Å²) in [4.78, 5) is 0. The molecule has 1 heteroatoms. The van der Waals surface area contributed by atoms with Crippen LogP contribution in [-0.4, -0.2) is 6.67 Å². The molecule has 0 radical (unpaired) electrons. The van der Waals surface area contributed by atoms with Crippen LogP contribution < -0.4 is 0 Å². The van der Waals surface area contributed by atoms with Crippen molar-refractivity contribution in [3.8, 4) is 0 Å². The second-order valence-corrected chi connectivity index (χ2v) is 2.17. The highest BCUT2D eigenvalue weighted by molar-refractivity contribution is 5.10. The lowest BCUT2D eigenvalue weighted by Crippen LogP contribution is -1.70. The van der Waals surface area contributed by atoms with E-state index in [0.29, 0.717) is 6.42 Å². The Balaban J connectivity index is 3.28. The van der Waals surface area contributed by atoms with Gasteiger partial charge in [-0.25, -0.2) is 0 Å². The van der Waals surface area contributed by atoms with Gasteiger partial charge in [-0.3, -0.25) is 4.39 Å². The Labute approximate surface area is 68.1 Å². The van der Waals surface area contributed by atoms with Gasteiger partial charge in [0.1, 0.15) is 0 Å². The average molecular weight is 154 g/mol. The van der Waals surface area contributed by atoms with Crippen LogP contribution in [0.15, 0.2) is 36.5 Å². The lowest BCUT2D eigenvalue weighted by atomic mass is 10.3.